The van der Waals surface area contributed by atoms with Gasteiger partial charge in [-0.2, -0.15) is 0 Å². The van der Waals surface area contributed by atoms with Gasteiger partial charge in [0.25, 0.3) is 0 Å². The van der Waals surface area contributed by atoms with E-state index in [0.717, 1.165) is 5.56 Å². The lowest BCUT2D eigenvalue weighted by Gasteiger charge is -2.32. The van der Waals surface area contributed by atoms with E-state index in [1.165, 1.54) is 0 Å². The van der Waals surface area contributed by atoms with Crippen molar-refractivity contribution in [2.75, 3.05) is 6.61 Å². The van der Waals surface area contributed by atoms with Crippen LogP contribution in [-0.2, 0) is 9.47 Å². The van der Waals surface area contributed by atoms with Gasteiger partial charge < -0.3 is 15.2 Å². The monoisotopic (exact) mass is 227 g/mol. The Morgan fingerprint density at radius 2 is 2.00 bits per heavy atom. The van der Waals surface area contributed by atoms with Crippen LogP contribution in [-0.4, -0.2) is 18.8 Å². The molecule has 15 heavy (non-hydrogen) atoms. The van der Waals surface area contributed by atoms with Crippen LogP contribution < -0.4 is 5.73 Å². The summed E-state index contributed by atoms with van der Waals surface area (Å²) < 4.78 is 11.1. The van der Waals surface area contributed by atoms with Crippen LogP contribution in [0.5, 0.6) is 0 Å². The van der Waals surface area contributed by atoms with E-state index < -0.39 is 0 Å². The molecule has 1 aliphatic heterocycles. The molecule has 0 amide bonds. The van der Waals surface area contributed by atoms with Crippen molar-refractivity contribution < 1.29 is 9.47 Å². The maximum Gasteiger partial charge on any atom is 0.184 e. The van der Waals surface area contributed by atoms with Gasteiger partial charge in [0.1, 0.15) is 0 Å². The van der Waals surface area contributed by atoms with Crippen LogP contribution in [0.2, 0.25) is 5.02 Å². The quantitative estimate of drug-likeness (QED) is 0.799. The van der Waals surface area contributed by atoms with Crippen LogP contribution in [0.25, 0.3) is 0 Å². The van der Waals surface area contributed by atoms with Crippen LogP contribution in [0.4, 0.5) is 0 Å². The fourth-order valence-corrected chi connectivity index (χ4v) is 1.59. The SMILES string of the molecule is C[C@H]1O[C@@H](c2ccc(Cl)cc2)OC[C@H]1N. The molecule has 3 nitrogen and oxygen atoms in total. The van der Waals surface area contributed by atoms with Crippen molar-refractivity contribution >= 4 is 11.6 Å². The highest BCUT2D eigenvalue weighted by Gasteiger charge is 2.26. The summed E-state index contributed by atoms with van der Waals surface area (Å²) in [6, 6.07) is 7.40. The molecule has 4 heteroatoms. The molecule has 82 valence electrons. The van der Waals surface area contributed by atoms with Gasteiger partial charge in [0.15, 0.2) is 6.29 Å². The molecule has 3 atom stereocenters. The molecular formula is C11H14ClNO2. The van der Waals surface area contributed by atoms with Gasteiger partial charge in [-0.1, -0.05) is 23.7 Å². The summed E-state index contributed by atoms with van der Waals surface area (Å²) in [7, 11) is 0. The summed E-state index contributed by atoms with van der Waals surface area (Å²) in [5.74, 6) is 0. The lowest BCUT2D eigenvalue weighted by Crippen LogP contribution is -2.44. The molecule has 1 saturated heterocycles. The molecule has 1 aromatic rings. The molecule has 1 aliphatic rings. The average molecular weight is 228 g/mol. The maximum atomic E-state index is 5.80. The summed E-state index contributed by atoms with van der Waals surface area (Å²) in [4.78, 5) is 0. The third kappa shape index (κ3) is 2.49. The van der Waals surface area contributed by atoms with Crippen molar-refractivity contribution in [3.63, 3.8) is 0 Å². The Kier molecular flexibility index (Phi) is 3.26. The van der Waals surface area contributed by atoms with E-state index in [9.17, 15) is 0 Å². The first kappa shape index (κ1) is 10.9. The van der Waals surface area contributed by atoms with Gasteiger partial charge in [0.2, 0.25) is 0 Å². The molecule has 1 aromatic carbocycles. The van der Waals surface area contributed by atoms with E-state index in [-0.39, 0.29) is 18.4 Å². The molecule has 2 rings (SSSR count). The second-order valence-electron chi connectivity index (χ2n) is 3.72. The number of rotatable bonds is 1. The summed E-state index contributed by atoms with van der Waals surface area (Å²) >= 11 is 5.80. The minimum atomic E-state index is -0.322. The van der Waals surface area contributed by atoms with Gasteiger partial charge in [0.05, 0.1) is 18.8 Å². The van der Waals surface area contributed by atoms with Crippen LogP contribution in [0.1, 0.15) is 18.8 Å². The van der Waals surface area contributed by atoms with Crippen molar-refractivity contribution in [3.05, 3.63) is 34.9 Å². The molecular weight excluding hydrogens is 214 g/mol. The van der Waals surface area contributed by atoms with Crippen molar-refractivity contribution in [2.24, 2.45) is 5.73 Å². The molecule has 0 saturated carbocycles. The Labute approximate surface area is 94.1 Å². The van der Waals surface area contributed by atoms with E-state index in [0.29, 0.717) is 11.6 Å². The summed E-state index contributed by atoms with van der Waals surface area (Å²) in [6.45, 7) is 2.48. The smallest absolute Gasteiger partial charge is 0.184 e. The predicted molar refractivity (Wildman–Crippen MR) is 58.7 cm³/mol. The average Bonchev–Trinajstić information content (AvgIpc) is 2.23. The standard InChI is InChI=1S/C11H14ClNO2/c1-7-10(13)6-14-11(15-7)8-2-4-9(12)5-3-8/h2-5,7,10-11H,6,13H2,1H3/t7-,10-,11+/m1/s1. The number of hydrogen-bond acceptors (Lipinski definition) is 3. The Bertz CT molecular complexity index is 328. The molecule has 2 N–H and O–H groups in total. The van der Waals surface area contributed by atoms with Crippen LogP contribution >= 0.6 is 11.6 Å². The highest BCUT2D eigenvalue weighted by molar-refractivity contribution is 6.30. The van der Waals surface area contributed by atoms with Crippen LogP contribution in [0, 0.1) is 0 Å². The van der Waals surface area contributed by atoms with Crippen molar-refractivity contribution in [1.29, 1.82) is 0 Å². The maximum absolute atomic E-state index is 5.80. The number of benzene rings is 1. The minimum absolute atomic E-state index is 0.0134. The molecule has 1 fully saturated rings. The van der Waals surface area contributed by atoms with Gasteiger partial charge in [-0.3, -0.25) is 0 Å². The van der Waals surface area contributed by atoms with Crippen molar-refractivity contribution in [1.82, 2.24) is 0 Å². The van der Waals surface area contributed by atoms with Crippen LogP contribution in [0.3, 0.4) is 0 Å². The second kappa shape index (κ2) is 4.49. The number of halogens is 1. The summed E-state index contributed by atoms with van der Waals surface area (Å²) in [5.41, 5.74) is 6.74. The van der Waals surface area contributed by atoms with Gasteiger partial charge in [-0.05, 0) is 19.1 Å². The van der Waals surface area contributed by atoms with Gasteiger partial charge >= 0.3 is 0 Å². The zero-order valence-electron chi connectivity index (χ0n) is 8.52. The van der Waals surface area contributed by atoms with Gasteiger partial charge in [-0.25, -0.2) is 0 Å². The Morgan fingerprint density at radius 1 is 1.33 bits per heavy atom. The molecule has 0 spiro atoms. The topological polar surface area (TPSA) is 44.5 Å². The van der Waals surface area contributed by atoms with E-state index in [2.05, 4.69) is 0 Å². The first-order valence-corrected chi connectivity index (χ1v) is 5.33. The van der Waals surface area contributed by atoms with E-state index in [1.807, 2.05) is 31.2 Å². The third-order valence-electron chi connectivity index (χ3n) is 2.52. The zero-order valence-corrected chi connectivity index (χ0v) is 9.28. The Hall–Kier alpha value is -0.610. The minimum Gasteiger partial charge on any atom is -0.347 e. The second-order valence-corrected chi connectivity index (χ2v) is 4.16. The fourth-order valence-electron chi connectivity index (χ4n) is 1.46. The molecule has 0 bridgehead atoms. The van der Waals surface area contributed by atoms with Crippen molar-refractivity contribution in [3.8, 4) is 0 Å². The number of ether oxygens (including phenoxy) is 2. The number of nitrogens with two attached hydrogens (primary N) is 1. The summed E-state index contributed by atoms with van der Waals surface area (Å²) in [5, 5.41) is 0.708. The normalized spacial score (nSPS) is 31.5. The molecule has 0 unspecified atom stereocenters. The number of hydrogen-bond donors (Lipinski definition) is 1. The molecule has 0 aliphatic carbocycles. The highest BCUT2D eigenvalue weighted by atomic mass is 35.5. The first-order chi connectivity index (χ1) is 7.16. The fraction of sp³-hybridized carbons (Fsp3) is 0.455. The highest BCUT2D eigenvalue weighted by Crippen LogP contribution is 2.26. The molecule has 1 heterocycles. The molecule has 0 aromatic heterocycles. The zero-order chi connectivity index (χ0) is 10.8. The van der Waals surface area contributed by atoms with Gasteiger partial charge in [0, 0.05) is 10.6 Å². The predicted octanol–water partition coefficient (Wildman–Crippen LogP) is 2.10. The first-order valence-electron chi connectivity index (χ1n) is 4.95. The lowest BCUT2D eigenvalue weighted by molar-refractivity contribution is -0.219. The summed E-state index contributed by atoms with van der Waals surface area (Å²) in [6.07, 6.45) is -0.309. The van der Waals surface area contributed by atoms with E-state index in [4.69, 9.17) is 26.8 Å². The van der Waals surface area contributed by atoms with Crippen molar-refractivity contribution in [2.45, 2.75) is 25.4 Å². The Morgan fingerprint density at radius 3 is 2.60 bits per heavy atom. The van der Waals surface area contributed by atoms with Gasteiger partial charge in [-0.15, -0.1) is 0 Å². The van der Waals surface area contributed by atoms with E-state index >= 15 is 0 Å². The Balaban J connectivity index is 2.08. The van der Waals surface area contributed by atoms with Crippen LogP contribution in [0.15, 0.2) is 24.3 Å². The third-order valence-corrected chi connectivity index (χ3v) is 2.78. The van der Waals surface area contributed by atoms with E-state index in [1.54, 1.807) is 0 Å². The molecule has 0 radical (unpaired) electrons. The lowest BCUT2D eigenvalue weighted by atomic mass is 10.1. The largest absolute Gasteiger partial charge is 0.347 e.